The van der Waals surface area contributed by atoms with Gasteiger partial charge in [-0.05, 0) is 6.92 Å². The van der Waals surface area contributed by atoms with Gasteiger partial charge in [-0.1, -0.05) is 0 Å². The molecule has 0 aromatic heterocycles. The zero-order valence-electron chi connectivity index (χ0n) is 5.32. The van der Waals surface area contributed by atoms with Crippen LogP contribution in [0.3, 0.4) is 0 Å². The zero-order chi connectivity index (χ0) is 6.85. The van der Waals surface area contributed by atoms with Gasteiger partial charge in [-0.3, -0.25) is 0 Å². The van der Waals surface area contributed by atoms with E-state index in [9.17, 15) is 0 Å². The number of hydrogen-bond donors (Lipinski definition) is 2. The van der Waals surface area contributed by atoms with E-state index in [1.165, 1.54) is 0 Å². The molecule has 3 nitrogen and oxygen atoms in total. The van der Waals surface area contributed by atoms with E-state index in [0.717, 1.165) is 0 Å². The van der Waals surface area contributed by atoms with E-state index in [1.807, 2.05) is 6.92 Å². The van der Waals surface area contributed by atoms with Crippen LogP contribution in [0.15, 0.2) is 0 Å². The summed E-state index contributed by atoms with van der Waals surface area (Å²) in [6.45, 7) is 1.72. The fourth-order valence-corrected chi connectivity index (χ4v) is 0.954. The maximum atomic E-state index is 9.02. The molecule has 1 radical (unpaired) electrons. The van der Waals surface area contributed by atoms with Gasteiger partial charge in [0, 0.05) is 6.42 Å². The molecule has 1 saturated heterocycles. The lowest BCUT2D eigenvalue weighted by Crippen LogP contribution is -2.24. The van der Waals surface area contributed by atoms with E-state index >= 15 is 0 Å². The van der Waals surface area contributed by atoms with Gasteiger partial charge in [0.25, 0.3) is 0 Å². The molecule has 0 aromatic rings. The van der Waals surface area contributed by atoms with Gasteiger partial charge < -0.3 is 14.9 Å². The highest BCUT2D eigenvalue weighted by Crippen LogP contribution is 2.17. The van der Waals surface area contributed by atoms with E-state index in [4.69, 9.17) is 14.9 Å². The van der Waals surface area contributed by atoms with Crippen LogP contribution in [0.2, 0.25) is 0 Å². The highest BCUT2D eigenvalue weighted by Gasteiger charge is 2.30. The Bertz CT molecular complexity index is 94.3. The summed E-state index contributed by atoms with van der Waals surface area (Å²) in [5, 5.41) is 17.6. The van der Waals surface area contributed by atoms with Gasteiger partial charge in [-0.25, -0.2) is 0 Å². The Hall–Kier alpha value is -0.120. The van der Waals surface area contributed by atoms with Crippen molar-refractivity contribution in [2.24, 2.45) is 0 Å². The van der Waals surface area contributed by atoms with Gasteiger partial charge in [-0.15, -0.1) is 0 Å². The van der Waals surface area contributed by atoms with E-state index in [-0.39, 0.29) is 12.7 Å². The molecule has 2 N–H and O–H groups in total. The first-order chi connectivity index (χ1) is 4.24. The van der Waals surface area contributed by atoms with Crippen LogP contribution < -0.4 is 0 Å². The monoisotopic (exact) mass is 131 g/mol. The molecule has 1 unspecified atom stereocenters. The highest BCUT2D eigenvalue weighted by atomic mass is 16.5. The summed E-state index contributed by atoms with van der Waals surface area (Å²) in [6, 6.07) is 0. The number of ether oxygens (including phenoxy) is 1. The average Bonchev–Trinajstić information content (AvgIpc) is 2.10. The molecule has 1 aliphatic heterocycles. The lowest BCUT2D eigenvalue weighted by molar-refractivity contribution is -0.0170. The lowest BCUT2D eigenvalue weighted by Gasteiger charge is -2.08. The van der Waals surface area contributed by atoms with Crippen LogP contribution in [0.1, 0.15) is 6.92 Å². The molecule has 0 aliphatic carbocycles. The molecule has 0 bridgehead atoms. The van der Waals surface area contributed by atoms with E-state index < -0.39 is 12.2 Å². The fraction of sp³-hybridized carbons (Fsp3) is 0.833. The van der Waals surface area contributed by atoms with Crippen molar-refractivity contribution in [1.29, 1.82) is 0 Å². The molecule has 1 heterocycles. The summed E-state index contributed by atoms with van der Waals surface area (Å²) in [4.78, 5) is 0. The first-order valence-corrected chi connectivity index (χ1v) is 3.03. The average molecular weight is 131 g/mol. The number of hydrogen-bond acceptors (Lipinski definition) is 3. The number of aliphatic hydroxyl groups excluding tert-OH is 2. The topological polar surface area (TPSA) is 49.7 Å². The quantitative estimate of drug-likeness (QED) is 0.496. The summed E-state index contributed by atoms with van der Waals surface area (Å²) in [5.41, 5.74) is 0. The second-order valence-corrected chi connectivity index (χ2v) is 2.25. The minimum atomic E-state index is -0.593. The van der Waals surface area contributed by atoms with Crippen molar-refractivity contribution < 1.29 is 14.9 Å². The van der Waals surface area contributed by atoms with Crippen LogP contribution in [-0.4, -0.2) is 35.1 Å². The Morgan fingerprint density at radius 2 is 2.33 bits per heavy atom. The molecule has 3 heteroatoms. The van der Waals surface area contributed by atoms with Crippen molar-refractivity contribution in [2.75, 3.05) is 6.61 Å². The molecule has 1 fully saturated rings. The van der Waals surface area contributed by atoms with E-state index in [1.54, 1.807) is 6.42 Å². The first kappa shape index (κ1) is 6.99. The molecule has 9 heavy (non-hydrogen) atoms. The third kappa shape index (κ3) is 1.41. The predicted molar refractivity (Wildman–Crippen MR) is 31.7 cm³/mol. The summed E-state index contributed by atoms with van der Waals surface area (Å²) >= 11 is 0. The third-order valence-corrected chi connectivity index (χ3v) is 1.42. The summed E-state index contributed by atoms with van der Waals surface area (Å²) < 4.78 is 5.07. The summed E-state index contributed by atoms with van der Waals surface area (Å²) in [5.74, 6) is 0. The maximum absolute atomic E-state index is 9.02. The Kier molecular flexibility index (Phi) is 2.05. The smallest absolute Gasteiger partial charge is 0.107 e. The molecule has 0 saturated carbocycles. The van der Waals surface area contributed by atoms with Crippen molar-refractivity contribution in [3.63, 3.8) is 0 Å². The van der Waals surface area contributed by atoms with Crippen molar-refractivity contribution in [3.8, 4) is 0 Å². The van der Waals surface area contributed by atoms with Gasteiger partial charge in [0.05, 0.1) is 18.8 Å². The lowest BCUT2D eigenvalue weighted by atomic mass is 10.1. The molecule has 0 amide bonds. The minimum absolute atomic E-state index is 0.0304. The molecule has 0 aromatic carbocycles. The second kappa shape index (κ2) is 2.64. The fourth-order valence-electron chi connectivity index (χ4n) is 0.954. The van der Waals surface area contributed by atoms with Crippen molar-refractivity contribution in [3.05, 3.63) is 6.42 Å². The van der Waals surface area contributed by atoms with Crippen LogP contribution >= 0.6 is 0 Å². The molecule has 53 valence electrons. The molecule has 0 spiro atoms. The van der Waals surface area contributed by atoms with Gasteiger partial charge in [-0.2, -0.15) is 0 Å². The Balaban J connectivity index is 2.38. The van der Waals surface area contributed by atoms with Gasteiger partial charge in [0.1, 0.15) is 6.10 Å². The summed E-state index contributed by atoms with van der Waals surface area (Å²) in [7, 11) is 0. The van der Waals surface area contributed by atoms with Crippen molar-refractivity contribution >= 4 is 0 Å². The minimum Gasteiger partial charge on any atom is -0.394 e. The van der Waals surface area contributed by atoms with Crippen LogP contribution in [0.5, 0.6) is 0 Å². The third-order valence-electron chi connectivity index (χ3n) is 1.42. The van der Waals surface area contributed by atoms with E-state index in [0.29, 0.717) is 0 Å². The largest absolute Gasteiger partial charge is 0.394 e. The maximum Gasteiger partial charge on any atom is 0.107 e. The molecular weight excluding hydrogens is 120 g/mol. The Morgan fingerprint density at radius 3 is 2.56 bits per heavy atom. The number of aliphatic hydroxyl groups is 2. The predicted octanol–water partition coefficient (Wildman–Crippen LogP) is -0.669. The van der Waals surface area contributed by atoms with Crippen LogP contribution in [0.4, 0.5) is 0 Å². The van der Waals surface area contributed by atoms with Gasteiger partial charge >= 0.3 is 0 Å². The van der Waals surface area contributed by atoms with Crippen LogP contribution in [0, 0.1) is 6.42 Å². The molecule has 1 rings (SSSR count). The van der Waals surface area contributed by atoms with Crippen LogP contribution in [0.25, 0.3) is 0 Å². The normalized spacial score (nSPS) is 43.7. The number of rotatable bonds is 1. The Labute approximate surface area is 54.3 Å². The standard InChI is InChI=1S/C6H11O3/c1-4-2-5(8)6(3-7)9-4/h2,4-8H,3H2,1H3/t4-,5?,6+/m0/s1. The van der Waals surface area contributed by atoms with E-state index in [2.05, 4.69) is 0 Å². The molecule has 3 atom stereocenters. The SMILES string of the molecule is C[C@H]1[CH]C(O)[C@@H](CO)O1. The molecular formula is C6H11O3. The van der Waals surface area contributed by atoms with Gasteiger partial charge in [0.15, 0.2) is 0 Å². The molecule has 1 aliphatic rings. The summed E-state index contributed by atoms with van der Waals surface area (Å²) in [6.07, 6.45) is 0.642. The van der Waals surface area contributed by atoms with Crippen molar-refractivity contribution in [1.82, 2.24) is 0 Å². The van der Waals surface area contributed by atoms with Crippen LogP contribution in [-0.2, 0) is 4.74 Å². The second-order valence-electron chi connectivity index (χ2n) is 2.25. The van der Waals surface area contributed by atoms with Crippen molar-refractivity contribution in [2.45, 2.75) is 25.2 Å². The van der Waals surface area contributed by atoms with Gasteiger partial charge in [0.2, 0.25) is 0 Å². The Morgan fingerprint density at radius 1 is 1.67 bits per heavy atom. The first-order valence-electron chi connectivity index (χ1n) is 3.03. The zero-order valence-corrected chi connectivity index (χ0v) is 5.32. The highest BCUT2D eigenvalue weighted by molar-refractivity contribution is 4.94.